The Hall–Kier alpha value is -0.160. The number of nitrogens with one attached hydrogen (secondary N) is 1. The Kier molecular flexibility index (Phi) is 3.97. The largest absolute Gasteiger partial charge is 0.314 e. The van der Waals surface area contributed by atoms with Gasteiger partial charge in [-0.1, -0.05) is 6.08 Å². The smallest absolute Gasteiger partial charge is 0.0635 e. The van der Waals surface area contributed by atoms with Crippen LogP contribution in [0.2, 0.25) is 0 Å². The first-order valence-corrected chi connectivity index (χ1v) is 6.80. The van der Waals surface area contributed by atoms with Gasteiger partial charge in [-0.15, -0.1) is 17.9 Å². The molecule has 0 aromatic carbocycles. The highest BCUT2D eigenvalue weighted by Crippen LogP contribution is 2.33. The number of hydrogen-bond acceptors (Lipinski definition) is 3. The molecule has 0 radical (unpaired) electrons. The summed E-state index contributed by atoms with van der Waals surface area (Å²) in [7, 11) is 0. The van der Waals surface area contributed by atoms with Crippen LogP contribution in [-0.2, 0) is 0 Å². The average Bonchev–Trinajstić information content (AvgIpc) is 2.68. The van der Waals surface area contributed by atoms with Crippen molar-refractivity contribution in [2.75, 3.05) is 26.2 Å². The molecule has 0 unspecified atom stereocenters. The van der Waals surface area contributed by atoms with Crippen LogP contribution >= 0.6 is 27.3 Å². The van der Waals surface area contributed by atoms with E-state index >= 15 is 0 Å². The van der Waals surface area contributed by atoms with Crippen LogP contribution in [0, 0.1) is 0 Å². The van der Waals surface area contributed by atoms with Gasteiger partial charge in [-0.25, -0.2) is 0 Å². The average molecular weight is 287 g/mol. The minimum Gasteiger partial charge on any atom is -0.314 e. The lowest BCUT2D eigenvalue weighted by molar-refractivity contribution is 0.205. The summed E-state index contributed by atoms with van der Waals surface area (Å²) < 4.78 is 1.20. The van der Waals surface area contributed by atoms with Gasteiger partial charge in [-0.05, 0) is 27.4 Å². The van der Waals surface area contributed by atoms with Crippen molar-refractivity contribution < 1.29 is 0 Å². The fourth-order valence-electron chi connectivity index (χ4n) is 1.90. The van der Waals surface area contributed by atoms with Gasteiger partial charge >= 0.3 is 0 Å². The van der Waals surface area contributed by atoms with Crippen molar-refractivity contribution in [2.45, 2.75) is 6.04 Å². The number of halogens is 1. The molecule has 4 heteroatoms. The Balaban J connectivity index is 2.16. The Morgan fingerprint density at radius 1 is 1.53 bits per heavy atom. The van der Waals surface area contributed by atoms with Gasteiger partial charge in [0.2, 0.25) is 0 Å². The van der Waals surface area contributed by atoms with E-state index in [1.165, 1.54) is 9.35 Å². The molecule has 1 saturated heterocycles. The van der Waals surface area contributed by atoms with E-state index in [0.29, 0.717) is 6.04 Å². The number of thiophene rings is 1. The molecule has 15 heavy (non-hydrogen) atoms. The summed E-state index contributed by atoms with van der Waals surface area (Å²) in [6.07, 6.45) is 2.04. The molecule has 1 aliphatic heterocycles. The van der Waals surface area contributed by atoms with Crippen LogP contribution in [0.25, 0.3) is 0 Å². The third kappa shape index (κ3) is 2.50. The van der Waals surface area contributed by atoms with Gasteiger partial charge in [0, 0.05) is 35.5 Å². The van der Waals surface area contributed by atoms with Crippen LogP contribution in [0.5, 0.6) is 0 Å². The summed E-state index contributed by atoms with van der Waals surface area (Å²) in [4.78, 5) is 3.84. The van der Waals surface area contributed by atoms with E-state index in [0.717, 1.165) is 26.2 Å². The summed E-state index contributed by atoms with van der Waals surface area (Å²) in [5.74, 6) is 0. The third-order valence-corrected chi connectivity index (χ3v) is 4.62. The summed E-state index contributed by atoms with van der Waals surface area (Å²) in [5, 5.41) is 5.49. The highest BCUT2D eigenvalue weighted by molar-refractivity contribution is 9.10. The highest BCUT2D eigenvalue weighted by atomic mass is 79.9. The molecule has 0 saturated carbocycles. The van der Waals surface area contributed by atoms with Crippen molar-refractivity contribution in [2.24, 2.45) is 0 Å². The number of nitrogens with zero attached hydrogens (tertiary/aromatic N) is 1. The maximum atomic E-state index is 3.96. The normalized spacial score (nSPS) is 20.1. The molecule has 0 aliphatic carbocycles. The zero-order valence-electron chi connectivity index (χ0n) is 8.58. The van der Waals surface area contributed by atoms with E-state index in [9.17, 15) is 0 Å². The maximum absolute atomic E-state index is 3.96. The lowest BCUT2D eigenvalue weighted by Gasteiger charge is -2.32. The standard InChI is InChI=1S/C11H15BrN2S/c1-2-10(11-9(12)3-8-15-11)14-6-4-13-5-7-14/h2-3,8,10,13H,1,4-7H2/t10-/m0/s1. The molecule has 1 aliphatic rings. The van der Waals surface area contributed by atoms with Crippen LogP contribution in [0.3, 0.4) is 0 Å². The van der Waals surface area contributed by atoms with Gasteiger partial charge in [0.05, 0.1) is 6.04 Å². The predicted molar refractivity (Wildman–Crippen MR) is 69.4 cm³/mol. The molecule has 0 bridgehead atoms. The SMILES string of the molecule is C=C[C@@H](c1sccc1Br)N1CCNCC1. The van der Waals surface area contributed by atoms with Gasteiger partial charge in [0.15, 0.2) is 0 Å². The second-order valence-corrected chi connectivity index (χ2v) is 5.40. The van der Waals surface area contributed by atoms with E-state index in [1.54, 1.807) is 11.3 Å². The zero-order valence-corrected chi connectivity index (χ0v) is 11.0. The van der Waals surface area contributed by atoms with Crippen LogP contribution in [0.15, 0.2) is 28.6 Å². The molecular formula is C11H15BrN2S. The number of piperazine rings is 1. The first-order valence-electron chi connectivity index (χ1n) is 5.13. The first-order chi connectivity index (χ1) is 7.33. The molecule has 0 spiro atoms. The van der Waals surface area contributed by atoms with E-state index in [4.69, 9.17) is 0 Å². The molecule has 1 N–H and O–H groups in total. The second-order valence-electron chi connectivity index (χ2n) is 3.60. The molecule has 2 heterocycles. The zero-order chi connectivity index (χ0) is 10.7. The van der Waals surface area contributed by atoms with Crippen LogP contribution in [0.4, 0.5) is 0 Å². The topological polar surface area (TPSA) is 15.3 Å². The minimum atomic E-state index is 0.362. The molecule has 0 amide bonds. The predicted octanol–water partition coefficient (Wildman–Crippen LogP) is 2.64. The van der Waals surface area contributed by atoms with Crippen molar-refractivity contribution in [3.05, 3.63) is 33.5 Å². The fraction of sp³-hybridized carbons (Fsp3) is 0.455. The monoisotopic (exact) mass is 286 g/mol. The van der Waals surface area contributed by atoms with Crippen molar-refractivity contribution in [3.63, 3.8) is 0 Å². The quantitative estimate of drug-likeness (QED) is 0.860. The molecule has 82 valence electrons. The molecule has 1 atom stereocenters. The highest BCUT2D eigenvalue weighted by Gasteiger charge is 2.21. The van der Waals surface area contributed by atoms with E-state index in [-0.39, 0.29) is 0 Å². The summed E-state index contributed by atoms with van der Waals surface area (Å²) in [6, 6.07) is 2.47. The summed E-state index contributed by atoms with van der Waals surface area (Å²) >= 11 is 5.39. The lowest BCUT2D eigenvalue weighted by atomic mass is 10.2. The molecule has 2 rings (SSSR count). The van der Waals surface area contributed by atoms with Crippen molar-refractivity contribution in [3.8, 4) is 0 Å². The molecule has 1 fully saturated rings. The lowest BCUT2D eigenvalue weighted by Crippen LogP contribution is -2.44. The van der Waals surface area contributed by atoms with Gasteiger partial charge in [-0.2, -0.15) is 0 Å². The summed E-state index contributed by atoms with van der Waals surface area (Å²) in [5.41, 5.74) is 0. The minimum absolute atomic E-state index is 0.362. The Morgan fingerprint density at radius 3 is 2.80 bits per heavy atom. The number of hydrogen-bond donors (Lipinski definition) is 1. The summed E-state index contributed by atoms with van der Waals surface area (Å²) in [6.45, 7) is 8.31. The van der Waals surface area contributed by atoms with Crippen molar-refractivity contribution >= 4 is 27.3 Å². The van der Waals surface area contributed by atoms with E-state index in [2.05, 4.69) is 44.2 Å². The van der Waals surface area contributed by atoms with Crippen LogP contribution in [-0.4, -0.2) is 31.1 Å². The van der Waals surface area contributed by atoms with Crippen molar-refractivity contribution in [1.82, 2.24) is 10.2 Å². The fourth-order valence-corrected chi connectivity index (χ4v) is 3.64. The third-order valence-electron chi connectivity index (χ3n) is 2.68. The van der Waals surface area contributed by atoms with Gasteiger partial charge in [-0.3, -0.25) is 4.90 Å². The van der Waals surface area contributed by atoms with E-state index < -0.39 is 0 Å². The number of rotatable bonds is 3. The van der Waals surface area contributed by atoms with Gasteiger partial charge in [0.1, 0.15) is 0 Å². The van der Waals surface area contributed by atoms with Crippen LogP contribution < -0.4 is 5.32 Å². The van der Waals surface area contributed by atoms with Crippen molar-refractivity contribution in [1.29, 1.82) is 0 Å². The molecule has 2 nitrogen and oxygen atoms in total. The van der Waals surface area contributed by atoms with E-state index in [1.807, 2.05) is 6.08 Å². The first kappa shape index (κ1) is 11.3. The Labute approximate surface area is 103 Å². The van der Waals surface area contributed by atoms with Gasteiger partial charge in [0.25, 0.3) is 0 Å². The van der Waals surface area contributed by atoms with Gasteiger partial charge < -0.3 is 5.32 Å². The molecule has 1 aromatic heterocycles. The molecular weight excluding hydrogens is 272 g/mol. The van der Waals surface area contributed by atoms with Crippen LogP contribution in [0.1, 0.15) is 10.9 Å². The Morgan fingerprint density at radius 2 is 2.27 bits per heavy atom. The second kappa shape index (κ2) is 5.25. The molecule has 1 aromatic rings. The Bertz CT molecular complexity index is 331. The maximum Gasteiger partial charge on any atom is 0.0635 e.